The highest BCUT2D eigenvalue weighted by Gasteiger charge is 2.12. The molecule has 0 saturated carbocycles. The van der Waals surface area contributed by atoms with E-state index in [0.29, 0.717) is 42.8 Å². The Morgan fingerprint density at radius 1 is 1.06 bits per heavy atom. The summed E-state index contributed by atoms with van der Waals surface area (Å²) in [5.41, 5.74) is 1.74. The summed E-state index contributed by atoms with van der Waals surface area (Å²) >= 11 is 0. The van der Waals surface area contributed by atoms with Gasteiger partial charge in [0.1, 0.15) is 5.75 Å². The quantitative estimate of drug-likeness (QED) is 0.499. The Labute approximate surface area is 181 Å². The molecule has 31 heavy (non-hydrogen) atoms. The predicted molar refractivity (Wildman–Crippen MR) is 115 cm³/mol. The number of amides is 1. The lowest BCUT2D eigenvalue weighted by Gasteiger charge is -2.12. The van der Waals surface area contributed by atoms with Gasteiger partial charge in [-0.1, -0.05) is 18.1 Å². The molecule has 2 aromatic carbocycles. The third kappa shape index (κ3) is 6.21. The fraction of sp³-hybridized carbons (Fsp3) is 0.348. The number of methoxy groups -OCH3 is 2. The van der Waals surface area contributed by atoms with Crippen LogP contribution in [0.4, 0.5) is 0 Å². The van der Waals surface area contributed by atoms with Crippen LogP contribution < -0.4 is 19.5 Å². The van der Waals surface area contributed by atoms with Crippen LogP contribution in [0.2, 0.25) is 0 Å². The summed E-state index contributed by atoms with van der Waals surface area (Å²) in [7, 11) is 3.21. The fourth-order valence-electron chi connectivity index (χ4n) is 2.88. The number of rotatable bonds is 11. The molecular weight excluding hydrogens is 398 g/mol. The van der Waals surface area contributed by atoms with Crippen molar-refractivity contribution in [3.05, 3.63) is 53.9 Å². The first-order valence-electron chi connectivity index (χ1n) is 10.2. The van der Waals surface area contributed by atoms with Gasteiger partial charge in [0.05, 0.1) is 20.8 Å². The van der Waals surface area contributed by atoms with Crippen molar-refractivity contribution in [2.45, 2.75) is 32.7 Å². The lowest BCUT2D eigenvalue weighted by molar-refractivity contribution is -0.121. The zero-order chi connectivity index (χ0) is 22.1. The molecule has 0 bridgehead atoms. The lowest BCUT2D eigenvalue weighted by atomic mass is 10.2. The molecule has 0 radical (unpaired) electrons. The Balaban J connectivity index is 1.49. The van der Waals surface area contributed by atoms with Gasteiger partial charge in [-0.2, -0.15) is 4.98 Å². The maximum Gasteiger partial charge on any atom is 0.227 e. The minimum absolute atomic E-state index is 0.102. The molecule has 8 nitrogen and oxygen atoms in total. The van der Waals surface area contributed by atoms with E-state index in [4.69, 9.17) is 18.7 Å². The number of hydrogen-bond donors (Lipinski definition) is 1. The average Bonchev–Trinajstić information content (AvgIpc) is 3.29. The van der Waals surface area contributed by atoms with Gasteiger partial charge in [0.25, 0.3) is 0 Å². The molecule has 0 atom stereocenters. The fourth-order valence-corrected chi connectivity index (χ4v) is 2.88. The van der Waals surface area contributed by atoms with Gasteiger partial charge >= 0.3 is 0 Å². The van der Waals surface area contributed by atoms with Crippen molar-refractivity contribution in [3.63, 3.8) is 0 Å². The summed E-state index contributed by atoms with van der Waals surface area (Å²) in [6.45, 7) is 3.07. The third-order valence-corrected chi connectivity index (χ3v) is 4.56. The molecule has 1 heterocycles. The summed E-state index contributed by atoms with van der Waals surface area (Å²) in [6.07, 6.45) is 1.53. The van der Waals surface area contributed by atoms with Crippen LogP contribution in [0.5, 0.6) is 17.2 Å². The second kappa shape index (κ2) is 11.0. The number of carbonyl (C=O) groups excluding carboxylic acids is 1. The van der Waals surface area contributed by atoms with E-state index in [1.54, 1.807) is 14.2 Å². The van der Waals surface area contributed by atoms with Crippen LogP contribution in [0, 0.1) is 0 Å². The Kier molecular flexibility index (Phi) is 7.86. The van der Waals surface area contributed by atoms with Gasteiger partial charge in [0.15, 0.2) is 11.5 Å². The van der Waals surface area contributed by atoms with E-state index in [1.807, 2.05) is 49.4 Å². The molecule has 0 aliphatic carbocycles. The molecule has 3 aromatic rings. The highest BCUT2D eigenvalue weighted by Crippen LogP contribution is 2.28. The number of aryl methyl sites for hydroxylation is 1. The van der Waals surface area contributed by atoms with Crippen LogP contribution in [0.15, 0.2) is 47.0 Å². The Hall–Kier alpha value is -3.55. The smallest absolute Gasteiger partial charge is 0.227 e. The maximum atomic E-state index is 12.2. The van der Waals surface area contributed by atoms with Crippen LogP contribution in [0.3, 0.4) is 0 Å². The van der Waals surface area contributed by atoms with Crippen molar-refractivity contribution >= 4 is 5.91 Å². The predicted octanol–water partition coefficient (Wildman–Crippen LogP) is 3.79. The molecule has 0 fully saturated rings. The number of hydrogen-bond acceptors (Lipinski definition) is 7. The maximum absolute atomic E-state index is 12.2. The van der Waals surface area contributed by atoms with Crippen LogP contribution in [0.25, 0.3) is 11.4 Å². The minimum atomic E-state index is -0.102. The average molecular weight is 425 g/mol. The van der Waals surface area contributed by atoms with E-state index in [0.717, 1.165) is 23.3 Å². The standard InChI is InChI=1S/C23H27N3O5/c1-4-13-30-19-10-5-16(14-20(19)29-3)15-24-21(27)11-12-22-25-23(26-31-22)17-6-8-18(28-2)9-7-17/h5-10,14H,4,11-13,15H2,1-3H3,(H,24,27). The molecule has 0 saturated heterocycles. The molecule has 1 N–H and O–H groups in total. The van der Waals surface area contributed by atoms with Crippen molar-refractivity contribution in [3.8, 4) is 28.6 Å². The van der Waals surface area contributed by atoms with Crippen LogP contribution in [-0.2, 0) is 17.8 Å². The Bertz CT molecular complexity index is 985. The summed E-state index contributed by atoms with van der Waals surface area (Å²) < 4.78 is 21.4. The van der Waals surface area contributed by atoms with Gasteiger partial charge in [-0.05, 0) is 48.4 Å². The minimum Gasteiger partial charge on any atom is -0.497 e. The molecular formula is C23H27N3O5. The highest BCUT2D eigenvalue weighted by molar-refractivity contribution is 5.76. The first kappa shape index (κ1) is 22.1. The molecule has 0 unspecified atom stereocenters. The molecule has 0 aliphatic rings. The molecule has 8 heteroatoms. The first-order chi connectivity index (χ1) is 15.1. The number of benzene rings is 2. The van der Waals surface area contributed by atoms with Gasteiger partial charge in [-0.15, -0.1) is 0 Å². The van der Waals surface area contributed by atoms with Crippen molar-refractivity contribution in [2.75, 3.05) is 20.8 Å². The van der Waals surface area contributed by atoms with Crippen LogP contribution >= 0.6 is 0 Å². The summed E-state index contributed by atoms with van der Waals surface area (Å²) in [5, 5.41) is 6.87. The topological polar surface area (TPSA) is 95.7 Å². The van der Waals surface area contributed by atoms with Crippen LogP contribution in [-0.4, -0.2) is 36.9 Å². The van der Waals surface area contributed by atoms with Crippen molar-refractivity contribution in [2.24, 2.45) is 0 Å². The van der Waals surface area contributed by atoms with Gasteiger partial charge < -0.3 is 24.1 Å². The van der Waals surface area contributed by atoms with Gasteiger partial charge in [-0.3, -0.25) is 4.79 Å². The second-order valence-electron chi connectivity index (χ2n) is 6.85. The van der Waals surface area contributed by atoms with Crippen molar-refractivity contribution < 1.29 is 23.5 Å². The second-order valence-corrected chi connectivity index (χ2v) is 6.85. The highest BCUT2D eigenvalue weighted by atomic mass is 16.5. The Morgan fingerprint density at radius 2 is 1.87 bits per heavy atom. The number of carbonyl (C=O) groups is 1. The molecule has 1 aromatic heterocycles. The zero-order valence-corrected chi connectivity index (χ0v) is 18.0. The van der Waals surface area contributed by atoms with Crippen molar-refractivity contribution in [1.82, 2.24) is 15.5 Å². The van der Waals surface area contributed by atoms with E-state index in [2.05, 4.69) is 15.5 Å². The van der Waals surface area contributed by atoms with E-state index < -0.39 is 0 Å². The molecule has 164 valence electrons. The first-order valence-corrected chi connectivity index (χ1v) is 10.2. The largest absolute Gasteiger partial charge is 0.497 e. The Morgan fingerprint density at radius 3 is 2.58 bits per heavy atom. The molecule has 0 spiro atoms. The van der Waals surface area contributed by atoms with Gasteiger partial charge in [-0.25, -0.2) is 0 Å². The van der Waals surface area contributed by atoms with E-state index in [1.165, 1.54) is 0 Å². The molecule has 1 amide bonds. The van der Waals surface area contributed by atoms with E-state index in [-0.39, 0.29) is 12.3 Å². The van der Waals surface area contributed by atoms with Crippen LogP contribution in [0.1, 0.15) is 31.2 Å². The number of nitrogens with one attached hydrogen (secondary N) is 1. The zero-order valence-electron chi connectivity index (χ0n) is 18.0. The lowest BCUT2D eigenvalue weighted by Crippen LogP contribution is -2.23. The van der Waals surface area contributed by atoms with E-state index in [9.17, 15) is 4.79 Å². The summed E-state index contributed by atoms with van der Waals surface area (Å²) in [4.78, 5) is 16.6. The normalized spacial score (nSPS) is 10.5. The summed E-state index contributed by atoms with van der Waals surface area (Å²) in [5.74, 6) is 2.90. The molecule has 0 aliphatic heterocycles. The third-order valence-electron chi connectivity index (χ3n) is 4.56. The monoisotopic (exact) mass is 425 g/mol. The van der Waals surface area contributed by atoms with Gasteiger partial charge in [0, 0.05) is 24.9 Å². The van der Waals surface area contributed by atoms with Gasteiger partial charge in [0.2, 0.25) is 17.6 Å². The number of ether oxygens (including phenoxy) is 3. The van der Waals surface area contributed by atoms with E-state index >= 15 is 0 Å². The number of aromatic nitrogens is 2. The number of nitrogens with zero attached hydrogens (tertiary/aromatic N) is 2. The SMILES string of the molecule is CCCOc1ccc(CNC(=O)CCc2nc(-c3ccc(OC)cc3)no2)cc1OC. The summed E-state index contributed by atoms with van der Waals surface area (Å²) in [6, 6.07) is 13.0. The van der Waals surface area contributed by atoms with Crippen molar-refractivity contribution in [1.29, 1.82) is 0 Å². The molecule has 3 rings (SSSR count).